The molecular weight excluding hydrogens is 242 g/mol. The summed E-state index contributed by atoms with van der Waals surface area (Å²) >= 11 is 0. The summed E-state index contributed by atoms with van der Waals surface area (Å²) in [5.74, 6) is 0.227. The third-order valence-corrected chi connectivity index (χ3v) is 2.94. The van der Waals surface area contributed by atoms with Crippen LogP contribution in [0.25, 0.3) is 0 Å². The Hall–Kier alpha value is -1.84. The first-order chi connectivity index (χ1) is 9.02. The average Bonchev–Trinajstić information content (AvgIpc) is 2.39. The van der Waals surface area contributed by atoms with Gasteiger partial charge in [-0.1, -0.05) is 38.1 Å². The number of ether oxygens (including phenoxy) is 1. The Balaban J connectivity index is 2.33. The number of aryl methyl sites for hydroxylation is 1. The first-order valence-electron chi connectivity index (χ1n) is 6.49. The van der Waals surface area contributed by atoms with E-state index >= 15 is 0 Å². The Kier molecular flexibility index (Phi) is 6.06. The van der Waals surface area contributed by atoms with E-state index in [1.165, 1.54) is 18.2 Å². The number of carbonyl (C=O) groups excluding carboxylic acids is 2. The lowest BCUT2D eigenvalue weighted by Crippen LogP contribution is -2.29. The van der Waals surface area contributed by atoms with Gasteiger partial charge in [-0.15, -0.1) is 0 Å². The highest BCUT2D eigenvalue weighted by Crippen LogP contribution is 2.15. The van der Waals surface area contributed by atoms with Gasteiger partial charge >= 0.3 is 6.09 Å². The molecule has 0 atom stereocenters. The second-order valence-corrected chi connectivity index (χ2v) is 4.79. The minimum atomic E-state index is -0.703. The predicted molar refractivity (Wildman–Crippen MR) is 74.0 cm³/mol. The molecule has 1 rings (SSSR count). The Morgan fingerprint density at radius 1 is 1.21 bits per heavy atom. The van der Waals surface area contributed by atoms with Gasteiger partial charge in [-0.2, -0.15) is 0 Å². The number of amides is 2. The second-order valence-electron chi connectivity index (χ2n) is 4.79. The van der Waals surface area contributed by atoms with E-state index in [0.717, 1.165) is 6.42 Å². The topological polar surface area (TPSA) is 55.4 Å². The molecule has 0 aromatic heterocycles. The predicted octanol–water partition coefficient (Wildman–Crippen LogP) is 3.02. The zero-order chi connectivity index (χ0) is 14.3. The molecule has 0 aliphatic carbocycles. The van der Waals surface area contributed by atoms with Crippen LogP contribution in [0.2, 0.25) is 0 Å². The van der Waals surface area contributed by atoms with Gasteiger partial charge in [0.2, 0.25) is 5.91 Å². The van der Waals surface area contributed by atoms with E-state index in [-0.39, 0.29) is 5.91 Å². The zero-order valence-corrected chi connectivity index (χ0v) is 11.7. The van der Waals surface area contributed by atoms with Gasteiger partial charge in [0.15, 0.2) is 0 Å². The van der Waals surface area contributed by atoms with Gasteiger partial charge < -0.3 is 4.74 Å². The summed E-state index contributed by atoms with van der Waals surface area (Å²) in [5, 5.41) is 2.14. The van der Waals surface area contributed by atoms with Crippen molar-refractivity contribution in [2.75, 3.05) is 7.11 Å². The summed E-state index contributed by atoms with van der Waals surface area (Å²) < 4.78 is 4.35. The summed E-state index contributed by atoms with van der Waals surface area (Å²) in [6, 6.07) is 8.42. The van der Waals surface area contributed by atoms with Crippen LogP contribution in [0, 0.1) is 0 Å². The number of benzene rings is 1. The fraction of sp³-hybridized carbons (Fsp3) is 0.467. The summed E-state index contributed by atoms with van der Waals surface area (Å²) in [7, 11) is 1.24. The average molecular weight is 263 g/mol. The molecule has 0 saturated carbocycles. The van der Waals surface area contributed by atoms with Crippen molar-refractivity contribution in [2.24, 2.45) is 0 Å². The van der Waals surface area contributed by atoms with Crippen LogP contribution in [-0.2, 0) is 16.0 Å². The second kappa shape index (κ2) is 7.56. The Morgan fingerprint density at radius 2 is 1.84 bits per heavy atom. The molecule has 0 saturated heterocycles. The maximum atomic E-state index is 11.3. The van der Waals surface area contributed by atoms with Crippen molar-refractivity contribution < 1.29 is 14.3 Å². The highest BCUT2D eigenvalue weighted by atomic mass is 16.5. The lowest BCUT2D eigenvalue weighted by Gasteiger charge is -2.07. The van der Waals surface area contributed by atoms with Crippen LogP contribution >= 0.6 is 0 Å². The maximum Gasteiger partial charge on any atom is 0.413 e. The molecule has 0 fully saturated rings. The van der Waals surface area contributed by atoms with Crippen molar-refractivity contribution in [3.8, 4) is 0 Å². The SMILES string of the molecule is COC(=O)NC(=O)CCCc1ccc(C(C)C)cc1. The van der Waals surface area contributed by atoms with Gasteiger partial charge in [0.25, 0.3) is 0 Å². The largest absolute Gasteiger partial charge is 0.453 e. The molecular formula is C15H21NO3. The molecule has 1 aromatic rings. The number of hydrogen-bond donors (Lipinski definition) is 1. The van der Waals surface area contributed by atoms with E-state index in [1.807, 2.05) is 0 Å². The van der Waals surface area contributed by atoms with Crippen molar-refractivity contribution in [2.45, 2.75) is 39.0 Å². The van der Waals surface area contributed by atoms with Crippen molar-refractivity contribution in [3.63, 3.8) is 0 Å². The molecule has 1 aromatic carbocycles. The summed E-state index contributed by atoms with van der Waals surface area (Å²) in [6.45, 7) is 4.32. The molecule has 0 bridgehead atoms. The molecule has 0 unspecified atom stereocenters. The smallest absolute Gasteiger partial charge is 0.413 e. The van der Waals surface area contributed by atoms with Crippen LogP contribution in [0.1, 0.15) is 43.7 Å². The normalized spacial score (nSPS) is 10.3. The fourth-order valence-electron chi connectivity index (χ4n) is 1.75. The fourth-order valence-corrected chi connectivity index (χ4v) is 1.75. The number of hydrogen-bond acceptors (Lipinski definition) is 3. The molecule has 2 amide bonds. The van der Waals surface area contributed by atoms with E-state index in [1.54, 1.807) is 0 Å². The first kappa shape index (κ1) is 15.2. The van der Waals surface area contributed by atoms with Crippen LogP contribution in [0.3, 0.4) is 0 Å². The molecule has 4 nitrogen and oxygen atoms in total. The lowest BCUT2D eigenvalue weighted by molar-refractivity contribution is -0.120. The number of nitrogens with one attached hydrogen (secondary N) is 1. The van der Waals surface area contributed by atoms with Gasteiger partial charge in [0.1, 0.15) is 0 Å². The summed E-state index contributed by atoms with van der Waals surface area (Å²) in [6.07, 6.45) is 1.16. The van der Waals surface area contributed by atoms with E-state index in [0.29, 0.717) is 18.8 Å². The van der Waals surface area contributed by atoms with Gasteiger partial charge in [-0.05, 0) is 29.9 Å². The van der Waals surface area contributed by atoms with Gasteiger partial charge in [-0.3, -0.25) is 10.1 Å². The highest BCUT2D eigenvalue weighted by Gasteiger charge is 2.07. The number of carbonyl (C=O) groups is 2. The van der Waals surface area contributed by atoms with Crippen LogP contribution in [0.5, 0.6) is 0 Å². The Labute approximate surface area is 114 Å². The molecule has 4 heteroatoms. The molecule has 0 spiro atoms. The van der Waals surface area contributed by atoms with Crippen molar-refractivity contribution in [1.82, 2.24) is 5.32 Å². The number of methoxy groups -OCH3 is 1. The molecule has 104 valence electrons. The quantitative estimate of drug-likeness (QED) is 0.888. The molecule has 1 N–H and O–H groups in total. The van der Waals surface area contributed by atoms with Crippen LogP contribution < -0.4 is 5.32 Å². The van der Waals surface area contributed by atoms with Crippen molar-refractivity contribution >= 4 is 12.0 Å². The highest BCUT2D eigenvalue weighted by molar-refractivity contribution is 5.91. The number of alkyl carbamates (subject to hydrolysis) is 1. The van der Waals surface area contributed by atoms with Crippen molar-refractivity contribution in [3.05, 3.63) is 35.4 Å². The zero-order valence-electron chi connectivity index (χ0n) is 11.7. The van der Waals surface area contributed by atoms with Gasteiger partial charge in [-0.25, -0.2) is 4.79 Å². The van der Waals surface area contributed by atoms with E-state index < -0.39 is 6.09 Å². The molecule has 0 heterocycles. The maximum absolute atomic E-state index is 11.3. The summed E-state index contributed by atoms with van der Waals surface area (Å²) in [4.78, 5) is 22.1. The van der Waals surface area contributed by atoms with E-state index in [9.17, 15) is 9.59 Å². The van der Waals surface area contributed by atoms with Crippen LogP contribution in [-0.4, -0.2) is 19.1 Å². The number of imide groups is 1. The van der Waals surface area contributed by atoms with Crippen LogP contribution in [0.4, 0.5) is 4.79 Å². The van der Waals surface area contributed by atoms with Gasteiger partial charge in [0.05, 0.1) is 7.11 Å². The Morgan fingerprint density at radius 3 is 2.37 bits per heavy atom. The monoisotopic (exact) mass is 263 g/mol. The summed E-state index contributed by atoms with van der Waals surface area (Å²) in [5.41, 5.74) is 2.52. The minimum Gasteiger partial charge on any atom is -0.453 e. The third-order valence-electron chi connectivity index (χ3n) is 2.94. The molecule has 0 aliphatic heterocycles. The van der Waals surface area contributed by atoms with Crippen molar-refractivity contribution in [1.29, 1.82) is 0 Å². The third kappa shape index (κ3) is 5.55. The Bertz CT molecular complexity index is 424. The minimum absolute atomic E-state index is 0.300. The first-order valence-corrected chi connectivity index (χ1v) is 6.49. The van der Waals surface area contributed by atoms with E-state index in [2.05, 4.69) is 48.2 Å². The van der Waals surface area contributed by atoms with Crippen LogP contribution in [0.15, 0.2) is 24.3 Å². The lowest BCUT2D eigenvalue weighted by atomic mass is 10.00. The molecule has 19 heavy (non-hydrogen) atoms. The molecule has 0 radical (unpaired) electrons. The standard InChI is InChI=1S/C15H21NO3/c1-11(2)13-9-7-12(8-10-13)5-4-6-14(17)16-15(18)19-3/h7-11H,4-6H2,1-3H3,(H,16,17,18). The van der Waals surface area contributed by atoms with Gasteiger partial charge in [0, 0.05) is 6.42 Å². The van der Waals surface area contributed by atoms with E-state index in [4.69, 9.17) is 0 Å². The molecule has 0 aliphatic rings. The number of rotatable bonds is 5.